The van der Waals surface area contributed by atoms with Crippen molar-refractivity contribution in [3.05, 3.63) is 53.3 Å². The van der Waals surface area contributed by atoms with E-state index in [0.29, 0.717) is 5.69 Å². The molecule has 0 spiro atoms. The number of aliphatic carboxylic acids is 1. The first-order chi connectivity index (χ1) is 11.2. The second-order valence-electron chi connectivity index (χ2n) is 6.84. The van der Waals surface area contributed by atoms with Crippen molar-refractivity contribution in [1.82, 2.24) is 15.1 Å². The van der Waals surface area contributed by atoms with E-state index >= 15 is 0 Å². The van der Waals surface area contributed by atoms with Crippen molar-refractivity contribution in [2.45, 2.75) is 38.6 Å². The van der Waals surface area contributed by atoms with Gasteiger partial charge in [-0.15, -0.1) is 0 Å². The molecule has 128 valence electrons. The average molecular weight is 329 g/mol. The molecule has 0 fully saturated rings. The van der Waals surface area contributed by atoms with Gasteiger partial charge >= 0.3 is 5.97 Å². The van der Waals surface area contributed by atoms with Crippen LogP contribution in [0.3, 0.4) is 0 Å². The van der Waals surface area contributed by atoms with Gasteiger partial charge in [-0.05, 0) is 11.6 Å². The highest BCUT2D eigenvalue weighted by molar-refractivity contribution is 5.95. The number of rotatable bonds is 5. The monoisotopic (exact) mass is 329 g/mol. The molecular formula is C18H23N3O3. The number of carboxylic acid groups (broad SMARTS) is 1. The van der Waals surface area contributed by atoms with Gasteiger partial charge in [0.25, 0.3) is 5.91 Å². The molecule has 0 aliphatic heterocycles. The highest BCUT2D eigenvalue weighted by Gasteiger charge is 2.25. The third kappa shape index (κ3) is 4.22. The molecule has 0 radical (unpaired) electrons. The van der Waals surface area contributed by atoms with Crippen LogP contribution < -0.4 is 5.32 Å². The molecule has 1 unspecified atom stereocenters. The summed E-state index contributed by atoms with van der Waals surface area (Å²) in [4.78, 5) is 24.0. The van der Waals surface area contributed by atoms with E-state index in [1.54, 1.807) is 13.1 Å². The Labute approximate surface area is 141 Å². The van der Waals surface area contributed by atoms with Gasteiger partial charge in [-0.1, -0.05) is 51.1 Å². The van der Waals surface area contributed by atoms with Gasteiger partial charge in [0.15, 0.2) is 0 Å². The molecule has 0 aliphatic rings. The number of carbonyl (C=O) groups is 2. The Morgan fingerprint density at radius 2 is 1.88 bits per heavy atom. The first kappa shape index (κ1) is 17.7. The predicted molar refractivity (Wildman–Crippen MR) is 90.9 cm³/mol. The van der Waals surface area contributed by atoms with Gasteiger partial charge in [0.2, 0.25) is 0 Å². The summed E-state index contributed by atoms with van der Waals surface area (Å²) in [5, 5.41) is 16.3. The largest absolute Gasteiger partial charge is 0.480 e. The lowest BCUT2D eigenvalue weighted by atomic mass is 9.92. The fourth-order valence-corrected chi connectivity index (χ4v) is 2.33. The fourth-order valence-electron chi connectivity index (χ4n) is 2.33. The smallest absolute Gasteiger partial charge is 0.326 e. The van der Waals surface area contributed by atoms with Crippen LogP contribution in [0.1, 0.15) is 42.5 Å². The van der Waals surface area contributed by atoms with Crippen molar-refractivity contribution in [3.8, 4) is 0 Å². The second kappa shape index (κ2) is 6.86. The maximum absolute atomic E-state index is 12.5. The molecule has 6 heteroatoms. The van der Waals surface area contributed by atoms with E-state index in [2.05, 4.69) is 10.4 Å². The van der Waals surface area contributed by atoms with Gasteiger partial charge in [0.05, 0.1) is 5.69 Å². The number of nitrogens with zero attached hydrogens (tertiary/aromatic N) is 2. The minimum absolute atomic E-state index is 0.188. The van der Waals surface area contributed by atoms with Gasteiger partial charge in [-0.2, -0.15) is 5.10 Å². The van der Waals surface area contributed by atoms with Crippen molar-refractivity contribution < 1.29 is 14.7 Å². The molecule has 1 aromatic heterocycles. The summed E-state index contributed by atoms with van der Waals surface area (Å²) in [7, 11) is 1.68. The maximum Gasteiger partial charge on any atom is 0.326 e. The van der Waals surface area contributed by atoms with Crippen molar-refractivity contribution in [2.75, 3.05) is 0 Å². The van der Waals surface area contributed by atoms with E-state index in [9.17, 15) is 14.7 Å². The van der Waals surface area contributed by atoms with Crippen LogP contribution in [0.5, 0.6) is 0 Å². The molecule has 24 heavy (non-hydrogen) atoms. The summed E-state index contributed by atoms with van der Waals surface area (Å²) in [5.74, 6) is -1.51. The van der Waals surface area contributed by atoms with Gasteiger partial charge in [-0.3, -0.25) is 9.48 Å². The average Bonchev–Trinajstić information content (AvgIpc) is 2.89. The van der Waals surface area contributed by atoms with Crippen molar-refractivity contribution in [3.63, 3.8) is 0 Å². The maximum atomic E-state index is 12.5. The molecule has 1 heterocycles. The minimum atomic E-state index is -1.06. The molecule has 1 amide bonds. The summed E-state index contributed by atoms with van der Waals surface area (Å²) >= 11 is 0. The lowest BCUT2D eigenvalue weighted by Gasteiger charge is -2.14. The Morgan fingerprint density at radius 3 is 2.38 bits per heavy atom. The number of aromatic nitrogens is 2. The first-order valence-corrected chi connectivity index (χ1v) is 7.80. The van der Waals surface area contributed by atoms with Crippen LogP contribution in [-0.4, -0.2) is 32.8 Å². The van der Waals surface area contributed by atoms with E-state index < -0.39 is 17.9 Å². The highest BCUT2D eigenvalue weighted by atomic mass is 16.4. The highest BCUT2D eigenvalue weighted by Crippen LogP contribution is 2.21. The van der Waals surface area contributed by atoms with Gasteiger partial charge < -0.3 is 10.4 Å². The van der Waals surface area contributed by atoms with E-state index in [1.165, 1.54) is 4.68 Å². The Hall–Kier alpha value is -2.63. The number of carboxylic acids is 1. The SMILES string of the molecule is Cn1nc(C(C)(C)C)cc1C(=O)NC(Cc1ccccc1)C(=O)O. The van der Waals surface area contributed by atoms with Crippen LogP contribution in [0, 0.1) is 0 Å². The van der Waals surface area contributed by atoms with Gasteiger partial charge in [-0.25, -0.2) is 4.79 Å². The number of nitrogens with one attached hydrogen (secondary N) is 1. The minimum Gasteiger partial charge on any atom is -0.480 e. The van der Waals surface area contributed by atoms with E-state index in [-0.39, 0.29) is 11.8 Å². The van der Waals surface area contributed by atoms with Crippen LogP contribution in [0.2, 0.25) is 0 Å². The fraction of sp³-hybridized carbons (Fsp3) is 0.389. The predicted octanol–water partition coefficient (Wildman–Crippen LogP) is 2.14. The lowest BCUT2D eigenvalue weighted by Crippen LogP contribution is -2.42. The molecule has 2 aromatic rings. The molecule has 0 saturated carbocycles. The topological polar surface area (TPSA) is 84.2 Å². The van der Waals surface area contributed by atoms with Crippen LogP contribution >= 0.6 is 0 Å². The number of amides is 1. The molecule has 2 N–H and O–H groups in total. The number of hydrogen-bond donors (Lipinski definition) is 2. The molecule has 6 nitrogen and oxygen atoms in total. The van der Waals surface area contributed by atoms with Crippen LogP contribution in [-0.2, 0) is 23.7 Å². The summed E-state index contributed by atoms with van der Waals surface area (Å²) in [6, 6.07) is 9.93. The lowest BCUT2D eigenvalue weighted by molar-refractivity contribution is -0.139. The van der Waals surface area contributed by atoms with Crippen LogP contribution in [0.4, 0.5) is 0 Å². The van der Waals surface area contributed by atoms with Crippen molar-refractivity contribution >= 4 is 11.9 Å². The Kier molecular flexibility index (Phi) is 5.07. The Morgan fingerprint density at radius 1 is 1.25 bits per heavy atom. The number of carbonyl (C=O) groups excluding carboxylic acids is 1. The quantitative estimate of drug-likeness (QED) is 0.880. The third-order valence-corrected chi connectivity index (χ3v) is 3.77. The number of hydrogen-bond acceptors (Lipinski definition) is 3. The molecule has 1 atom stereocenters. The van der Waals surface area contributed by atoms with Crippen LogP contribution in [0.25, 0.3) is 0 Å². The molecular weight excluding hydrogens is 306 g/mol. The zero-order valence-corrected chi connectivity index (χ0v) is 14.4. The van der Waals surface area contributed by atoms with E-state index in [0.717, 1.165) is 11.3 Å². The zero-order valence-electron chi connectivity index (χ0n) is 14.4. The summed E-state index contributed by atoms with van der Waals surface area (Å²) in [6.45, 7) is 6.02. The standard InChI is InChI=1S/C18H23N3O3/c1-18(2,3)15-11-14(21(4)20-15)16(22)19-13(17(23)24)10-12-8-6-5-7-9-12/h5-9,11,13H,10H2,1-4H3,(H,19,22)(H,23,24). The Bertz CT molecular complexity index is 730. The molecule has 0 saturated heterocycles. The number of benzene rings is 1. The van der Waals surface area contributed by atoms with E-state index in [4.69, 9.17) is 0 Å². The van der Waals surface area contributed by atoms with Gasteiger partial charge in [0.1, 0.15) is 11.7 Å². The summed E-state index contributed by atoms with van der Waals surface area (Å²) < 4.78 is 1.48. The van der Waals surface area contributed by atoms with E-state index in [1.807, 2.05) is 51.1 Å². The molecule has 0 aliphatic carbocycles. The third-order valence-electron chi connectivity index (χ3n) is 3.77. The Balaban J connectivity index is 2.17. The molecule has 2 rings (SSSR count). The van der Waals surface area contributed by atoms with Gasteiger partial charge in [0, 0.05) is 18.9 Å². The molecule has 1 aromatic carbocycles. The number of aryl methyl sites for hydroxylation is 1. The zero-order chi connectivity index (χ0) is 17.9. The summed E-state index contributed by atoms with van der Waals surface area (Å²) in [5.41, 5.74) is 1.79. The summed E-state index contributed by atoms with van der Waals surface area (Å²) in [6.07, 6.45) is 0.228. The van der Waals surface area contributed by atoms with Crippen molar-refractivity contribution in [1.29, 1.82) is 0 Å². The molecule has 0 bridgehead atoms. The normalized spacial score (nSPS) is 12.7. The first-order valence-electron chi connectivity index (χ1n) is 7.80. The van der Waals surface area contributed by atoms with Crippen LogP contribution in [0.15, 0.2) is 36.4 Å². The van der Waals surface area contributed by atoms with Crippen molar-refractivity contribution in [2.24, 2.45) is 7.05 Å². The second-order valence-corrected chi connectivity index (χ2v) is 6.84.